The lowest BCUT2D eigenvalue weighted by Crippen LogP contribution is -2.41. The Morgan fingerprint density at radius 3 is 2.67 bits per heavy atom. The van der Waals surface area contributed by atoms with Gasteiger partial charge in [0.2, 0.25) is 11.8 Å². The smallest absolute Gasteiger partial charge is 0.330 e. The van der Waals surface area contributed by atoms with Crippen LogP contribution in [0.25, 0.3) is 0 Å². The largest absolute Gasteiger partial charge is 0.421 e. The highest BCUT2D eigenvalue weighted by atomic mass is 16.5. The van der Waals surface area contributed by atoms with E-state index in [4.69, 9.17) is 9.15 Å². The van der Waals surface area contributed by atoms with Crippen LogP contribution in [0.1, 0.15) is 61.7 Å². The number of rotatable bonds is 4. The Morgan fingerprint density at radius 1 is 1.07 bits per heavy atom. The second-order valence-corrected chi connectivity index (χ2v) is 7.34. The van der Waals surface area contributed by atoms with Gasteiger partial charge in [-0.05, 0) is 32.2 Å². The van der Waals surface area contributed by atoms with E-state index in [0.29, 0.717) is 24.0 Å². The predicted octanol–water partition coefficient (Wildman–Crippen LogP) is 1.05. The van der Waals surface area contributed by atoms with E-state index in [9.17, 15) is 9.59 Å². The number of hydrogen-bond donors (Lipinski definition) is 0. The molecule has 2 aliphatic heterocycles. The summed E-state index contributed by atoms with van der Waals surface area (Å²) in [6.07, 6.45) is 4.86. The Kier molecular flexibility index (Phi) is 4.96. The molecule has 2 atom stereocenters. The molecule has 2 saturated heterocycles. The van der Waals surface area contributed by atoms with Gasteiger partial charge in [0.1, 0.15) is 6.10 Å². The lowest BCUT2D eigenvalue weighted by Gasteiger charge is -2.33. The van der Waals surface area contributed by atoms with E-state index in [2.05, 4.69) is 15.1 Å². The molecule has 0 unspecified atom stereocenters. The van der Waals surface area contributed by atoms with Crippen molar-refractivity contribution in [3.63, 3.8) is 0 Å². The van der Waals surface area contributed by atoms with Crippen LogP contribution in [0, 0.1) is 0 Å². The number of nitrogens with zero attached hydrogens (tertiary/aromatic N) is 5. The number of aromatic nitrogens is 4. The third kappa shape index (κ3) is 3.49. The Hall–Kier alpha value is -2.26. The molecule has 2 aromatic rings. The molecule has 0 radical (unpaired) electrons. The van der Waals surface area contributed by atoms with Crippen molar-refractivity contribution in [1.82, 2.24) is 24.2 Å². The van der Waals surface area contributed by atoms with Crippen LogP contribution in [0.2, 0.25) is 0 Å². The van der Waals surface area contributed by atoms with Gasteiger partial charge in [-0.1, -0.05) is 6.42 Å². The van der Waals surface area contributed by atoms with Gasteiger partial charge in [0.15, 0.2) is 0 Å². The minimum Gasteiger partial charge on any atom is -0.421 e. The maximum absolute atomic E-state index is 12.2. The van der Waals surface area contributed by atoms with E-state index in [0.717, 1.165) is 49.8 Å². The molecule has 4 heterocycles. The SMILES string of the molecule is Cn1c(CN2CCCC[C@@H]2c2nnc([C@H]3CCCO3)o2)cc(=O)n(C)c1=O. The molecular formula is C18H25N5O4. The molecule has 0 aromatic carbocycles. The zero-order valence-electron chi connectivity index (χ0n) is 15.8. The summed E-state index contributed by atoms with van der Waals surface area (Å²) in [5.41, 5.74) is 0.0819. The summed E-state index contributed by atoms with van der Waals surface area (Å²) in [5.74, 6) is 1.14. The predicted molar refractivity (Wildman–Crippen MR) is 96.2 cm³/mol. The first kappa shape index (κ1) is 18.1. The fourth-order valence-electron chi connectivity index (χ4n) is 3.88. The summed E-state index contributed by atoms with van der Waals surface area (Å²) in [7, 11) is 3.18. The molecule has 0 N–H and O–H groups in total. The summed E-state index contributed by atoms with van der Waals surface area (Å²) in [4.78, 5) is 26.5. The zero-order chi connectivity index (χ0) is 19.0. The van der Waals surface area contributed by atoms with E-state index in [1.54, 1.807) is 7.05 Å². The van der Waals surface area contributed by atoms with Gasteiger partial charge in [-0.2, -0.15) is 0 Å². The van der Waals surface area contributed by atoms with Gasteiger partial charge in [0, 0.05) is 39.0 Å². The molecule has 0 saturated carbocycles. The minimum absolute atomic E-state index is 0.0134. The molecule has 27 heavy (non-hydrogen) atoms. The van der Waals surface area contributed by atoms with Gasteiger partial charge >= 0.3 is 5.69 Å². The molecule has 9 nitrogen and oxygen atoms in total. The van der Waals surface area contributed by atoms with Crippen molar-refractivity contribution in [3.05, 3.63) is 44.4 Å². The molecular weight excluding hydrogens is 350 g/mol. The van der Waals surface area contributed by atoms with Gasteiger partial charge in [-0.3, -0.25) is 18.8 Å². The average molecular weight is 375 g/mol. The maximum Gasteiger partial charge on any atom is 0.330 e. The van der Waals surface area contributed by atoms with Crippen LogP contribution in [0.3, 0.4) is 0 Å². The van der Waals surface area contributed by atoms with Gasteiger partial charge in [0.25, 0.3) is 5.56 Å². The number of ether oxygens (including phenoxy) is 1. The lowest BCUT2D eigenvalue weighted by atomic mass is 10.0. The van der Waals surface area contributed by atoms with E-state index in [-0.39, 0.29) is 23.4 Å². The topological polar surface area (TPSA) is 95.4 Å². The molecule has 9 heteroatoms. The van der Waals surface area contributed by atoms with Crippen molar-refractivity contribution in [2.45, 2.75) is 50.8 Å². The van der Waals surface area contributed by atoms with E-state index < -0.39 is 0 Å². The van der Waals surface area contributed by atoms with Gasteiger partial charge in [0.05, 0.1) is 6.04 Å². The summed E-state index contributed by atoms with van der Waals surface area (Å²) in [5, 5.41) is 8.47. The average Bonchev–Trinajstić information content (AvgIpc) is 3.36. The van der Waals surface area contributed by atoms with E-state index in [1.165, 1.54) is 17.7 Å². The van der Waals surface area contributed by atoms with E-state index >= 15 is 0 Å². The van der Waals surface area contributed by atoms with Crippen molar-refractivity contribution in [2.24, 2.45) is 14.1 Å². The molecule has 0 bridgehead atoms. The Labute approximate surface area is 156 Å². The van der Waals surface area contributed by atoms with Gasteiger partial charge in [-0.15, -0.1) is 10.2 Å². The lowest BCUT2D eigenvalue weighted by molar-refractivity contribution is 0.0789. The highest BCUT2D eigenvalue weighted by Gasteiger charge is 2.31. The molecule has 0 spiro atoms. The number of piperidine rings is 1. The third-order valence-corrected chi connectivity index (χ3v) is 5.55. The van der Waals surface area contributed by atoms with Crippen LogP contribution in [-0.4, -0.2) is 37.4 Å². The number of likely N-dealkylation sites (tertiary alicyclic amines) is 1. The molecule has 0 aliphatic carbocycles. The molecule has 2 aromatic heterocycles. The van der Waals surface area contributed by atoms with Gasteiger partial charge < -0.3 is 9.15 Å². The van der Waals surface area contributed by atoms with Crippen molar-refractivity contribution in [2.75, 3.05) is 13.2 Å². The molecule has 2 aliphatic rings. The molecule has 146 valence electrons. The van der Waals surface area contributed by atoms with Crippen molar-refractivity contribution >= 4 is 0 Å². The van der Waals surface area contributed by atoms with E-state index in [1.807, 2.05) is 0 Å². The van der Waals surface area contributed by atoms with Gasteiger partial charge in [-0.25, -0.2) is 4.79 Å². The quantitative estimate of drug-likeness (QED) is 0.788. The highest BCUT2D eigenvalue weighted by Crippen LogP contribution is 2.34. The normalized spacial score (nSPS) is 23.8. The molecule has 0 amide bonds. The summed E-state index contributed by atoms with van der Waals surface area (Å²) in [6.45, 7) is 2.07. The first-order valence-electron chi connectivity index (χ1n) is 9.49. The standard InChI is InChI=1S/C18H25N5O4/c1-21-12(10-15(24)22(2)18(21)25)11-23-8-4-3-6-13(23)16-19-20-17(27-16)14-7-5-9-26-14/h10,13-14H,3-9,11H2,1-2H3/t13-,14-/m1/s1. The number of hydrogen-bond acceptors (Lipinski definition) is 7. The fourth-order valence-corrected chi connectivity index (χ4v) is 3.88. The summed E-state index contributed by atoms with van der Waals surface area (Å²) < 4.78 is 14.2. The Balaban J connectivity index is 1.58. The second-order valence-electron chi connectivity index (χ2n) is 7.34. The zero-order valence-corrected chi connectivity index (χ0v) is 15.8. The minimum atomic E-state index is -0.315. The first-order chi connectivity index (χ1) is 13.0. The first-order valence-corrected chi connectivity index (χ1v) is 9.49. The van der Waals surface area contributed by atoms with Crippen molar-refractivity contribution in [3.8, 4) is 0 Å². The van der Waals surface area contributed by atoms with Crippen LogP contribution in [0.15, 0.2) is 20.1 Å². The van der Waals surface area contributed by atoms with Crippen LogP contribution in [0.4, 0.5) is 0 Å². The monoisotopic (exact) mass is 375 g/mol. The second kappa shape index (κ2) is 7.40. The van der Waals surface area contributed by atoms with Crippen LogP contribution < -0.4 is 11.2 Å². The Bertz CT molecular complexity index is 925. The fraction of sp³-hybridized carbons (Fsp3) is 0.667. The van der Waals surface area contributed by atoms with Crippen LogP contribution in [-0.2, 0) is 25.4 Å². The highest BCUT2D eigenvalue weighted by molar-refractivity contribution is 5.04. The van der Waals surface area contributed by atoms with Crippen LogP contribution >= 0.6 is 0 Å². The third-order valence-electron chi connectivity index (χ3n) is 5.55. The molecule has 2 fully saturated rings. The maximum atomic E-state index is 12.2. The Morgan fingerprint density at radius 2 is 1.89 bits per heavy atom. The summed E-state index contributed by atoms with van der Waals surface area (Å²) >= 11 is 0. The molecule has 4 rings (SSSR count). The van der Waals surface area contributed by atoms with Crippen LogP contribution in [0.5, 0.6) is 0 Å². The van der Waals surface area contributed by atoms with Crippen molar-refractivity contribution in [1.29, 1.82) is 0 Å². The summed E-state index contributed by atoms with van der Waals surface area (Å²) in [6, 6.07) is 1.51. The van der Waals surface area contributed by atoms with Crippen molar-refractivity contribution < 1.29 is 9.15 Å².